The third-order valence-corrected chi connectivity index (χ3v) is 8.92. The zero-order valence-corrected chi connectivity index (χ0v) is 21.5. The van der Waals surface area contributed by atoms with E-state index in [0.717, 1.165) is 70.3 Å². The molecule has 198 valence electrons. The Labute approximate surface area is 215 Å². The summed E-state index contributed by atoms with van der Waals surface area (Å²) in [5, 5.41) is 22.9. The average Bonchev–Trinajstić information content (AvgIpc) is 3.45. The smallest absolute Gasteiger partial charge is 0.324 e. The predicted molar refractivity (Wildman–Crippen MR) is 140 cm³/mol. The Morgan fingerprint density at radius 2 is 1.50 bits per heavy atom. The summed E-state index contributed by atoms with van der Waals surface area (Å²) in [6, 6.07) is 8.12. The normalized spacial score (nSPS) is 22.6. The van der Waals surface area contributed by atoms with E-state index in [1.807, 2.05) is 12.1 Å². The Hall–Kier alpha value is -2.22. The molecule has 7 heteroatoms. The summed E-state index contributed by atoms with van der Waals surface area (Å²) in [4.78, 5) is 26.5. The minimum absolute atomic E-state index is 0.266. The molecule has 0 radical (unpaired) electrons. The van der Waals surface area contributed by atoms with Crippen LogP contribution in [0.15, 0.2) is 30.3 Å². The van der Waals surface area contributed by atoms with E-state index in [4.69, 9.17) is 5.21 Å². The third kappa shape index (κ3) is 6.55. The molecule has 1 atom stereocenters. The first kappa shape index (κ1) is 26.8. The summed E-state index contributed by atoms with van der Waals surface area (Å²) < 4.78 is 0. The molecule has 1 aromatic carbocycles. The van der Waals surface area contributed by atoms with Crippen LogP contribution in [0.2, 0.25) is 0 Å². The van der Waals surface area contributed by atoms with Gasteiger partial charge in [-0.25, -0.2) is 5.48 Å². The second kappa shape index (κ2) is 12.8. The number of hydroxylamine groups is 1. The van der Waals surface area contributed by atoms with E-state index in [1.165, 1.54) is 43.7 Å². The van der Waals surface area contributed by atoms with Crippen molar-refractivity contribution < 1.29 is 19.9 Å². The van der Waals surface area contributed by atoms with Gasteiger partial charge in [-0.3, -0.25) is 19.7 Å². The van der Waals surface area contributed by atoms with Crippen molar-refractivity contribution in [2.45, 2.75) is 82.7 Å². The molecular weight excluding hydrogens is 454 g/mol. The number of piperidine rings is 1. The Balaban J connectivity index is 1.29. The highest BCUT2D eigenvalue weighted by molar-refractivity contribution is 5.90. The van der Waals surface area contributed by atoms with Crippen LogP contribution in [0.25, 0.3) is 6.08 Å². The van der Waals surface area contributed by atoms with Gasteiger partial charge in [0.2, 0.25) is 0 Å². The zero-order chi connectivity index (χ0) is 25.4. The molecule has 3 aliphatic rings. The van der Waals surface area contributed by atoms with Crippen LogP contribution in [0.4, 0.5) is 0 Å². The van der Waals surface area contributed by atoms with Gasteiger partial charge in [-0.1, -0.05) is 56.4 Å². The number of hydrogen-bond acceptors (Lipinski definition) is 5. The van der Waals surface area contributed by atoms with Crippen molar-refractivity contribution in [3.05, 3.63) is 41.5 Å². The van der Waals surface area contributed by atoms with Crippen LogP contribution < -0.4 is 10.8 Å². The Bertz CT molecular complexity index is 882. The molecule has 0 bridgehead atoms. The van der Waals surface area contributed by atoms with Crippen LogP contribution >= 0.6 is 0 Å². The van der Waals surface area contributed by atoms with Crippen LogP contribution in [-0.2, 0) is 16.1 Å². The molecule has 1 aromatic rings. The second-order valence-electron chi connectivity index (χ2n) is 11.1. The molecular formula is C29H43N3O4. The molecule has 1 saturated heterocycles. The van der Waals surface area contributed by atoms with Crippen molar-refractivity contribution in [1.29, 1.82) is 0 Å². The summed E-state index contributed by atoms with van der Waals surface area (Å²) in [5.41, 5.74) is 3.00. The fourth-order valence-corrected chi connectivity index (χ4v) is 6.85. The lowest BCUT2D eigenvalue weighted by molar-refractivity contribution is -0.152. The van der Waals surface area contributed by atoms with E-state index >= 15 is 0 Å². The number of likely N-dealkylation sites (tertiary alicyclic amines) is 1. The molecule has 36 heavy (non-hydrogen) atoms. The molecule has 0 unspecified atom stereocenters. The summed E-state index contributed by atoms with van der Waals surface area (Å²) in [5.74, 6) is -0.0833. The lowest BCUT2D eigenvalue weighted by atomic mass is 9.67. The maximum Gasteiger partial charge on any atom is 0.324 e. The van der Waals surface area contributed by atoms with Crippen LogP contribution in [-0.4, -0.2) is 52.3 Å². The first-order valence-corrected chi connectivity index (χ1v) is 13.9. The van der Waals surface area contributed by atoms with E-state index < -0.39 is 17.4 Å². The number of rotatable bonds is 10. The van der Waals surface area contributed by atoms with Crippen LogP contribution in [0.1, 0.15) is 81.8 Å². The standard InChI is InChI=1S/C29H43N3O4/c33-27(31-36)15-14-22-10-12-24(13-11-22)21-32-18-16-23(17-19-32)20-30-29(28(34)35,26-8-4-5-9-26)25-6-2-1-3-7-25/h10-15,23,25-26,30,36H,1-9,16-21H2,(H,31,33)(H,34,35)/t29-/m1/s1. The topological polar surface area (TPSA) is 102 Å². The van der Waals surface area contributed by atoms with Gasteiger partial charge in [0, 0.05) is 12.6 Å². The maximum absolute atomic E-state index is 12.8. The van der Waals surface area contributed by atoms with Crippen molar-refractivity contribution >= 4 is 18.0 Å². The van der Waals surface area contributed by atoms with Gasteiger partial charge in [0.05, 0.1) is 0 Å². The number of amides is 1. The first-order chi connectivity index (χ1) is 17.5. The molecule has 2 saturated carbocycles. The number of nitrogens with zero attached hydrogens (tertiary/aromatic N) is 1. The van der Waals surface area contributed by atoms with Crippen molar-refractivity contribution in [2.75, 3.05) is 19.6 Å². The molecule has 0 spiro atoms. The highest BCUT2D eigenvalue weighted by Crippen LogP contribution is 2.44. The molecule has 1 amide bonds. The van der Waals surface area contributed by atoms with E-state index in [1.54, 1.807) is 11.6 Å². The third-order valence-electron chi connectivity index (χ3n) is 8.92. The molecule has 1 aliphatic heterocycles. The first-order valence-electron chi connectivity index (χ1n) is 13.9. The Kier molecular flexibility index (Phi) is 9.57. The second-order valence-corrected chi connectivity index (χ2v) is 11.1. The largest absolute Gasteiger partial charge is 0.480 e. The number of hydrogen-bond donors (Lipinski definition) is 4. The lowest BCUT2D eigenvalue weighted by Crippen LogP contribution is -2.63. The number of nitrogens with one attached hydrogen (secondary N) is 2. The van der Waals surface area contributed by atoms with Gasteiger partial charge in [-0.2, -0.15) is 0 Å². The zero-order valence-electron chi connectivity index (χ0n) is 21.5. The summed E-state index contributed by atoms with van der Waals surface area (Å²) in [6.07, 6.45) is 15.3. The van der Waals surface area contributed by atoms with E-state index in [0.29, 0.717) is 5.92 Å². The van der Waals surface area contributed by atoms with Crippen LogP contribution in [0.3, 0.4) is 0 Å². The Morgan fingerprint density at radius 1 is 0.917 bits per heavy atom. The summed E-state index contributed by atoms with van der Waals surface area (Å²) in [6.45, 7) is 3.76. The van der Waals surface area contributed by atoms with Gasteiger partial charge in [0.15, 0.2) is 0 Å². The molecule has 0 aromatic heterocycles. The maximum atomic E-state index is 12.8. The predicted octanol–water partition coefficient (Wildman–Crippen LogP) is 4.60. The summed E-state index contributed by atoms with van der Waals surface area (Å²) >= 11 is 0. The molecule has 7 nitrogen and oxygen atoms in total. The van der Waals surface area contributed by atoms with Crippen molar-refractivity contribution in [2.24, 2.45) is 17.8 Å². The number of carboxylic acid groups (broad SMARTS) is 1. The van der Waals surface area contributed by atoms with E-state index in [-0.39, 0.29) is 11.8 Å². The van der Waals surface area contributed by atoms with Gasteiger partial charge in [-0.05, 0) is 93.1 Å². The average molecular weight is 498 g/mol. The van der Waals surface area contributed by atoms with Crippen molar-refractivity contribution in [1.82, 2.24) is 15.7 Å². The van der Waals surface area contributed by atoms with Gasteiger partial charge in [0.1, 0.15) is 5.54 Å². The highest BCUT2D eigenvalue weighted by Gasteiger charge is 2.52. The van der Waals surface area contributed by atoms with Crippen LogP contribution in [0.5, 0.6) is 0 Å². The molecule has 3 fully saturated rings. The fraction of sp³-hybridized carbons (Fsp3) is 0.655. The van der Waals surface area contributed by atoms with E-state index in [2.05, 4.69) is 22.3 Å². The van der Waals surface area contributed by atoms with Crippen molar-refractivity contribution in [3.8, 4) is 0 Å². The SMILES string of the molecule is O=C(C=Cc1ccc(CN2CCC(CN[C@](C(=O)O)(C3CCCCC3)C3CCCC3)CC2)cc1)NO. The van der Waals surface area contributed by atoms with Gasteiger partial charge in [0.25, 0.3) is 5.91 Å². The monoisotopic (exact) mass is 497 g/mol. The Morgan fingerprint density at radius 3 is 2.06 bits per heavy atom. The van der Waals surface area contributed by atoms with Crippen LogP contribution in [0, 0.1) is 17.8 Å². The number of aliphatic carboxylic acids is 1. The van der Waals surface area contributed by atoms with Gasteiger partial charge in [-0.15, -0.1) is 0 Å². The van der Waals surface area contributed by atoms with Crippen molar-refractivity contribution in [3.63, 3.8) is 0 Å². The minimum Gasteiger partial charge on any atom is -0.480 e. The molecule has 4 rings (SSSR count). The fourth-order valence-electron chi connectivity index (χ4n) is 6.85. The molecule has 1 heterocycles. The lowest BCUT2D eigenvalue weighted by Gasteiger charge is -2.45. The van der Waals surface area contributed by atoms with Gasteiger partial charge < -0.3 is 10.4 Å². The van der Waals surface area contributed by atoms with Gasteiger partial charge >= 0.3 is 5.97 Å². The summed E-state index contributed by atoms with van der Waals surface area (Å²) in [7, 11) is 0. The number of carbonyl (C=O) groups is 2. The molecule has 4 N–H and O–H groups in total. The van der Waals surface area contributed by atoms with E-state index in [9.17, 15) is 14.7 Å². The molecule has 2 aliphatic carbocycles. The highest BCUT2D eigenvalue weighted by atomic mass is 16.5. The number of carbonyl (C=O) groups excluding carboxylic acids is 1. The quantitative estimate of drug-likeness (QED) is 0.214. The number of carboxylic acids is 1. The number of benzene rings is 1. The minimum atomic E-state index is -0.734.